The van der Waals surface area contributed by atoms with Gasteiger partial charge < -0.3 is 15.0 Å². The minimum Gasteiger partial charge on any atom is -0.494 e. The number of anilines is 1. The third-order valence-electron chi connectivity index (χ3n) is 7.25. The molecule has 1 atom stereocenters. The van der Waals surface area contributed by atoms with Crippen LogP contribution in [-0.4, -0.2) is 50.4 Å². The van der Waals surface area contributed by atoms with Gasteiger partial charge in [-0.05, 0) is 92.9 Å². The van der Waals surface area contributed by atoms with E-state index in [4.69, 9.17) is 16.3 Å². The first kappa shape index (κ1) is 31.3. The van der Waals surface area contributed by atoms with Crippen LogP contribution in [0.5, 0.6) is 5.75 Å². The maximum absolute atomic E-state index is 14.0. The number of nitrogens with one attached hydrogen (secondary N) is 1. The largest absolute Gasteiger partial charge is 0.494 e. The molecular formula is C31H35ClFN3O5S. The minimum absolute atomic E-state index is 0.0174. The number of hydrogen-bond acceptors (Lipinski definition) is 5. The quantitative estimate of drug-likeness (QED) is 0.288. The van der Waals surface area contributed by atoms with E-state index in [2.05, 4.69) is 5.32 Å². The Hall–Kier alpha value is -3.63. The summed E-state index contributed by atoms with van der Waals surface area (Å²) in [6.07, 6.45) is 3.79. The molecule has 1 aliphatic rings. The molecule has 2 amide bonds. The number of rotatable bonds is 12. The van der Waals surface area contributed by atoms with Crippen molar-refractivity contribution in [3.63, 3.8) is 0 Å². The van der Waals surface area contributed by atoms with Crippen molar-refractivity contribution in [3.8, 4) is 5.75 Å². The molecule has 0 radical (unpaired) electrons. The van der Waals surface area contributed by atoms with E-state index in [0.29, 0.717) is 22.9 Å². The van der Waals surface area contributed by atoms with Crippen LogP contribution in [-0.2, 0) is 26.2 Å². The molecule has 42 heavy (non-hydrogen) atoms. The Morgan fingerprint density at radius 2 is 1.62 bits per heavy atom. The summed E-state index contributed by atoms with van der Waals surface area (Å²) in [4.78, 5) is 28.6. The first-order valence-corrected chi connectivity index (χ1v) is 15.8. The van der Waals surface area contributed by atoms with Gasteiger partial charge in [0.25, 0.3) is 10.0 Å². The average Bonchev–Trinajstić information content (AvgIpc) is 3.49. The SMILES string of the molecule is CCOc1ccc(N(CC(=O)N(Cc2ccc(F)cc2)[C@H](C)C(=O)NC2CCCC2)S(=O)(=O)c2ccc(Cl)cc2)cc1. The predicted octanol–water partition coefficient (Wildman–Crippen LogP) is 5.55. The van der Waals surface area contributed by atoms with Crippen LogP contribution in [0.15, 0.2) is 77.7 Å². The van der Waals surface area contributed by atoms with Crippen molar-refractivity contribution in [3.05, 3.63) is 89.2 Å². The molecule has 1 fully saturated rings. The molecule has 0 spiro atoms. The average molecular weight is 616 g/mol. The molecule has 3 aromatic carbocycles. The van der Waals surface area contributed by atoms with Gasteiger partial charge in [-0.25, -0.2) is 12.8 Å². The number of halogens is 2. The minimum atomic E-state index is -4.23. The van der Waals surface area contributed by atoms with Gasteiger partial charge in [-0.2, -0.15) is 0 Å². The third-order valence-corrected chi connectivity index (χ3v) is 9.29. The van der Waals surface area contributed by atoms with E-state index in [1.54, 1.807) is 31.2 Å². The third kappa shape index (κ3) is 7.80. The van der Waals surface area contributed by atoms with Gasteiger partial charge in [-0.15, -0.1) is 0 Å². The summed E-state index contributed by atoms with van der Waals surface area (Å²) in [5, 5.41) is 3.39. The second-order valence-corrected chi connectivity index (χ2v) is 12.5. The van der Waals surface area contributed by atoms with E-state index in [9.17, 15) is 22.4 Å². The Balaban J connectivity index is 1.68. The number of benzene rings is 3. The highest BCUT2D eigenvalue weighted by Crippen LogP contribution is 2.27. The van der Waals surface area contributed by atoms with Gasteiger partial charge in [-0.1, -0.05) is 36.6 Å². The zero-order chi connectivity index (χ0) is 30.3. The lowest BCUT2D eigenvalue weighted by Crippen LogP contribution is -2.52. The van der Waals surface area contributed by atoms with E-state index >= 15 is 0 Å². The molecule has 0 heterocycles. The fourth-order valence-corrected chi connectivity index (χ4v) is 6.44. The van der Waals surface area contributed by atoms with Crippen molar-refractivity contribution in [2.24, 2.45) is 0 Å². The van der Waals surface area contributed by atoms with Gasteiger partial charge in [-0.3, -0.25) is 13.9 Å². The zero-order valence-electron chi connectivity index (χ0n) is 23.6. The Morgan fingerprint density at radius 3 is 2.21 bits per heavy atom. The number of amides is 2. The van der Waals surface area contributed by atoms with Crippen molar-refractivity contribution < 1.29 is 27.1 Å². The maximum atomic E-state index is 14.0. The van der Waals surface area contributed by atoms with Crippen LogP contribution in [0.2, 0.25) is 5.02 Å². The van der Waals surface area contributed by atoms with Crippen molar-refractivity contribution in [2.75, 3.05) is 17.5 Å². The Kier molecular flexibility index (Phi) is 10.5. The van der Waals surface area contributed by atoms with E-state index in [1.165, 1.54) is 53.4 Å². The van der Waals surface area contributed by atoms with Crippen molar-refractivity contribution >= 4 is 39.1 Å². The highest BCUT2D eigenvalue weighted by molar-refractivity contribution is 7.92. The monoisotopic (exact) mass is 615 g/mol. The standard InChI is InChI=1S/C31H35ClFN3O5S/c1-3-41-28-16-14-27(15-17-28)36(42(39,40)29-18-10-24(32)11-19-29)21-30(37)35(20-23-8-12-25(33)13-9-23)22(2)31(38)34-26-6-4-5-7-26/h8-19,22,26H,3-7,20-21H2,1-2H3,(H,34,38)/t22-/m1/s1. The summed E-state index contributed by atoms with van der Waals surface area (Å²) in [7, 11) is -4.23. The Labute approximate surface area is 251 Å². The second-order valence-electron chi connectivity index (χ2n) is 10.2. The smallest absolute Gasteiger partial charge is 0.264 e. The Bertz CT molecular complexity index is 1460. The molecular weight excluding hydrogens is 581 g/mol. The number of carbonyl (C=O) groups is 2. The van der Waals surface area contributed by atoms with Crippen LogP contribution in [0, 0.1) is 5.82 Å². The van der Waals surface area contributed by atoms with Crippen molar-refractivity contribution in [1.29, 1.82) is 0 Å². The summed E-state index contributed by atoms with van der Waals surface area (Å²) in [5.74, 6) is -0.809. The Morgan fingerprint density at radius 1 is 1.00 bits per heavy atom. The number of hydrogen-bond donors (Lipinski definition) is 1. The molecule has 0 bridgehead atoms. The van der Waals surface area contributed by atoms with Crippen LogP contribution in [0.1, 0.15) is 45.1 Å². The van der Waals surface area contributed by atoms with Gasteiger partial charge in [0.1, 0.15) is 24.2 Å². The molecule has 224 valence electrons. The van der Waals surface area contributed by atoms with Crippen LogP contribution in [0.3, 0.4) is 0 Å². The van der Waals surface area contributed by atoms with Gasteiger partial charge in [0.05, 0.1) is 17.2 Å². The molecule has 1 saturated carbocycles. The van der Waals surface area contributed by atoms with Gasteiger partial charge in [0, 0.05) is 17.6 Å². The van der Waals surface area contributed by atoms with Crippen LogP contribution in [0.4, 0.5) is 10.1 Å². The number of nitrogens with zero attached hydrogens (tertiary/aromatic N) is 2. The first-order chi connectivity index (χ1) is 20.1. The van der Waals surface area contributed by atoms with E-state index in [-0.39, 0.29) is 29.1 Å². The predicted molar refractivity (Wildman–Crippen MR) is 160 cm³/mol. The van der Waals surface area contributed by atoms with Crippen LogP contribution >= 0.6 is 11.6 Å². The lowest BCUT2D eigenvalue weighted by atomic mass is 10.1. The number of sulfonamides is 1. The van der Waals surface area contributed by atoms with Crippen molar-refractivity contribution in [2.45, 2.75) is 63.1 Å². The highest BCUT2D eigenvalue weighted by Gasteiger charge is 2.33. The summed E-state index contributed by atoms with van der Waals surface area (Å²) < 4.78 is 47.9. The van der Waals surface area contributed by atoms with Crippen LogP contribution in [0.25, 0.3) is 0 Å². The molecule has 0 aliphatic heterocycles. The van der Waals surface area contributed by atoms with Gasteiger partial charge in [0.2, 0.25) is 11.8 Å². The molecule has 1 N–H and O–H groups in total. The fraction of sp³-hybridized carbons (Fsp3) is 0.355. The zero-order valence-corrected chi connectivity index (χ0v) is 25.2. The van der Waals surface area contributed by atoms with Gasteiger partial charge in [0.15, 0.2) is 0 Å². The van der Waals surface area contributed by atoms with Gasteiger partial charge >= 0.3 is 0 Å². The summed E-state index contributed by atoms with van der Waals surface area (Å²) in [5.41, 5.74) is 0.838. The number of ether oxygens (including phenoxy) is 1. The van der Waals surface area contributed by atoms with E-state index in [1.807, 2.05) is 6.92 Å². The maximum Gasteiger partial charge on any atom is 0.264 e. The number of carbonyl (C=O) groups excluding carboxylic acids is 2. The molecule has 0 unspecified atom stereocenters. The molecule has 0 saturated heterocycles. The fourth-order valence-electron chi connectivity index (χ4n) is 4.90. The normalized spacial score (nSPS) is 14.3. The molecule has 4 rings (SSSR count). The highest BCUT2D eigenvalue weighted by atomic mass is 35.5. The van der Waals surface area contributed by atoms with E-state index in [0.717, 1.165) is 30.0 Å². The summed E-state index contributed by atoms with van der Waals surface area (Å²) >= 11 is 6.00. The van der Waals surface area contributed by atoms with E-state index < -0.39 is 34.3 Å². The molecule has 3 aromatic rings. The molecule has 1 aliphatic carbocycles. The second kappa shape index (κ2) is 14.0. The lowest BCUT2D eigenvalue weighted by Gasteiger charge is -2.32. The summed E-state index contributed by atoms with van der Waals surface area (Å²) in [6, 6.07) is 16.8. The lowest BCUT2D eigenvalue weighted by molar-refractivity contribution is -0.139. The topological polar surface area (TPSA) is 96.0 Å². The molecule has 11 heteroatoms. The van der Waals surface area contributed by atoms with Crippen molar-refractivity contribution in [1.82, 2.24) is 10.2 Å². The first-order valence-electron chi connectivity index (χ1n) is 13.9. The van der Waals surface area contributed by atoms with Crippen LogP contribution < -0.4 is 14.4 Å². The molecule has 0 aromatic heterocycles. The summed E-state index contributed by atoms with van der Waals surface area (Å²) in [6.45, 7) is 3.28. The molecule has 8 nitrogen and oxygen atoms in total.